The third kappa shape index (κ3) is 2.25. The van der Waals surface area contributed by atoms with E-state index < -0.39 is 10.0 Å². The second-order valence-electron chi connectivity index (χ2n) is 6.49. The molecule has 1 aromatic carbocycles. The fraction of sp³-hybridized carbons (Fsp3) is 0.562. The monoisotopic (exact) mass is 322 g/mol. The first-order valence-corrected chi connectivity index (χ1v) is 9.16. The standard InChI is InChI=1S/C16H22N2O3S/c1-17(2)16(10-6-3-7-11-16)12-18-15(19)13-8-4-5-9-14(13)22(18,20)21/h4-5,8-9H,3,6-7,10-12H2,1-2H3. The van der Waals surface area contributed by atoms with Gasteiger partial charge in [0.1, 0.15) is 4.90 Å². The van der Waals surface area contributed by atoms with Crippen molar-refractivity contribution in [1.29, 1.82) is 0 Å². The van der Waals surface area contributed by atoms with E-state index in [1.807, 2.05) is 14.1 Å². The SMILES string of the molecule is CN(C)C1(CN2C(=O)c3ccccc3S2(=O)=O)CCCCC1. The largest absolute Gasteiger partial charge is 0.302 e. The lowest BCUT2D eigenvalue weighted by Crippen LogP contribution is -2.55. The zero-order valence-corrected chi connectivity index (χ0v) is 13.9. The molecule has 2 aliphatic rings. The molecule has 1 aromatic rings. The summed E-state index contributed by atoms with van der Waals surface area (Å²) in [4.78, 5) is 14.8. The molecule has 0 radical (unpaired) electrons. The third-order valence-corrected chi connectivity index (χ3v) is 6.87. The summed E-state index contributed by atoms with van der Waals surface area (Å²) in [6.07, 6.45) is 5.18. The van der Waals surface area contributed by atoms with Crippen molar-refractivity contribution in [2.24, 2.45) is 0 Å². The lowest BCUT2D eigenvalue weighted by atomic mass is 9.80. The molecule has 0 bridgehead atoms. The van der Waals surface area contributed by atoms with Gasteiger partial charge in [-0.1, -0.05) is 31.4 Å². The molecule has 5 nitrogen and oxygen atoms in total. The highest BCUT2D eigenvalue weighted by molar-refractivity contribution is 7.90. The van der Waals surface area contributed by atoms with Gasteiger partial charge in [0.25, 0.3) is 15.9 Å². The minimum absolute atomic E-state index is 0.143. The predicted molar refractivity (Wildman–Crippen MR) is 84.2 cm³/mol. The Morgan fingerprint density at radius 3 is 2.36 bits per heavy atom. The predicted octanol–water partition coefficient (Wildman–Crippen LogP) is 2.10. The first-order valence-electron chi connectivity index (χ1n) is 7.72. The maximum Gasteiger partial charge on any atom is 0.269 e. The fourth-order valence-electron chi connectivity index (χ4n) is 3.61. The molecule has 1 aliphatic carbocycles. The normalized spacial score (nSPS) is 22.9. The van der Waals surface area contributed by atoms with Crippen molar-refractivity contribution in [3.8, 4) is 0 Å². The van der Waals surface area contributed by atoms with Gasteiger partial charge in [-0.05, 0) is 39.1 Å². The van der Waals surface area contributed by atoms with E-state index >= 15 is 0 Å². The Kier molecular flexibility index (Phi) is 3.77. The number of benzene rings is 1. The Morgan fingerprint density at radius 1 is 1.14 bits per heavy atom. The van der Waals surface area contributed by atoms with E-state index in [1.54, 1.807) is 18.2 Å². The first kappa shape index (κ1) is 15.5. The molecular formula is C16H22N2O3S. The van der Waals surface area contributed by atoms with E-state index in [1.165, 1.54) is 12.5 Å². The van der Waals surface area contributed by atoms with E-state index in [2.05, 4.69) is 4.90 Å². The maximum absolute atomic E-state index is 12.7. The number of carbonyl (C=O) groups is 1. The van der Waals surface area contributed by atoms with Crippen molar-refractivity contribution >= 4 is 15.9 Å². The smallest absolute Gasteiger partial charge is 0.269 e. The van der Waals surface area contributed by atoms with Crippen molar-refractivity contribution in [2.45, 2.75) is 42.5 Å². The van der Waals surface area contributed by atoms with E-state index in [-0.39, 0.29) is 22.9 Å². The lowest BCUT2D eigenvalue weighted by molar-refractivity contribution is 0.0617. The van der Waals surface area contributed by atoms with Crippen molar-refractivity contribution in [3.05, 3.63) is 29.8 Å². The van der Waals surface area contributed by atoms with E-state index in [4.69, 9.17) is 0 Å². The van der Waals surface area contributed by atoms with Crippen LogP contribution in [0.4, 0.5) is 0 Å². The summed E-state index contributed by atoms with van der Waals surface area (Å²) >= 11 is 0. The van der Waals surface area contributed by atoms with Gasteiger partial charge in [0.2, 0.25) is 0 Å². The average Bonchev–Trinajstić information content (AvgIpc) is 2.70. The Bertz CT molecular complexity index is 691. The van der Waals surface area contributed by atoms with Crippen LogP contribution in [0.25, 0.3) is 0 Å². The van der Waals surface area contributed by atoms with E-state index in [0.29, 0.717) is 5.56 Å². The summed E-state index contributed by atoms with van der Waals surface area (Å²) in [6, 6.07) is 6.48. The highest BCUT2D eigenvalue weighted by atomic mass is 32.2. The average molecular weight is 322 g/mol. The molecule has 1 aliphatic heterocycles. The van der Waals surface area contributed by atoms with Gasteiger partial charge in [-0.15, -0.1) is 0 Å². The molecular weight excluding hydrogens is 300 g/mol. The molecule has 6 heteroatoms. The maximum atomic E-state index is 12.7. The van der Waals surface area contributed by atoms with Gasteiger partial charge in [-0.2, -0.15) is 0 Å². The van der Waals surface area contributed by atoms with Crippen LogP contribution < -0.4 is 0 Å². The van der Waals surface area contributed by atoms with Crippen molar-refractivity contribution in [2.75, 3.05) is 20.6 Å². The van der Waals surface area contributed by atoms with Crippen LogP contribution in [0, 0.1) is 0 Å². The summed E-state index contributed by atoms with van der Waals surface area (Å²) in [5.74, 6) is -0.387. The molecule has 0 N–H and O–H groups in total. The van der Waals surface area contributed by atoms with Gasteiger partial charge in [-0.25, -0.2) is 12.7 Å². The highest BCUT2D eigenvalue weighted by Gasteiger charge is 2.46. The first-order chi connectivity index (χ1) is 10.4. The molecule has 0 atom stereocenters. The van der Waals surface area contributed by atoms with Crippen LogP contribution >= 0.6 is 0 Å². The molecule has 22 heavy (non-hydrogen) atoms. The zero-order valence-electron chi connectivity index (χ0n) is 13.1. The summed E-state index contributed by atoms with van der Waals surface area (Å²) in [5, 5.41) is 0. The topological polar surface area (TPSA) is 57.7 Å². The number of likely N-dealkylation sites (N-methyl/N-ethyl adjacent to an activating group) is 1. The lowest BCUT2D eigenvalue weighted by Gasteiger charge is -2.44. The van der Waals surface area contributed by atoms with Crippen molar-refractivity contribution in [1.82, 2.24) is 9.21 Å². The number of nitrogens with zero attached hydrogens (tertiary/aromatic N) is 2. The van der Waals surface area contributed by atoms with Crippen molar-refractivity contribution < 1.29 is 13.2 Å². The van der Waals surface area contributed by atoms with Crippen LogP contribution in [-0.2, 0) is 10.0 Å². The number of rotatable bonds is 3. The molecule has 1 amide bonds. The molecule has 1 saturated carbocycles. The second kappa shape index (κ2) is 5.35. The summed E-state index contributed by atoms with van der Waals surface area (Å²) in [5.41, 5.74) is 0.0513. The molecule has 0 spiro atoms. The molecule has 0 unspecified atom stereocenters. The number of amides is 1. The van der Waals surface area contributed by atoms with E-state index in [9.17, 15) is 13.2 Å². The van der Waals surface area contributed by atoms with E-state index in [0.717, 1.165) is 30.0 Å². The van der Waals surface area contributed by atoms with Crippen LogP contribution in [-0.4, -0.2) is 49.7 Å². The highest BCUT2D eigenvalue weighted by Crippen LogP contribution is 2.37. The van der Waals surface area contributed by atoms with Crippen LogP contribution in [0.1, 0.15) is 42.5 Å². The fourth-order valence-corrected chi connectivity index (χ4v) is 5.26. The third-order valence-electron chi connectivity index (χ3n) is 5.08. The Hall–Kier alpha value is -1.40. The minimum Gasteiger partial charge on any atom is -0.302 e. The number of fused-ring (bicyclic) bond motifs is 1. The summed E-state index contributed by atoms with van der Waals surface area (Å²) in [6.45, 7) is 0.246. The number of hydrogen-bond acceptors (Lipinski definition) is 4. The zero-order chi connectivity index (χ0) is 16.0. The number of carbonyl (C=O) groups excluding carboxylic acids is 1. The van der Waals surface area contributed by atoms with Crippen LogP contribution in [0.15, 0.2) is 29.2 Å². The Labute approximate surface area is 132 Å². The number of hydrogen-bond donors (Lipinski definition) is 0. The molecule has 120 valence electrons. The summed E-state index contributed by atoms with van der Waals surface area (Å²) < 4.78 is 26.5. The van der Waals surface area contributed by atoms with Crippen molar-refractivity contribution in [3.63, 3.8) is 0 Å². The van der Waals surface area contributed by atoms with Gasteiger partial charge in [0.05, 0.1) is 12.1 Å². The Balaban J connectivity index is 1.98. The van der Waals surface area contributed by atoms with Crippen LogP contribution in [0.3, 0.4) is 0 Å². The van der Waals surface area contributed by atoms with Gasteiger partial charge in [0.15, 0.2) is 0 Å². The molecule has 0 saturated heterocycles. The summed E-state index contributed by atoms with van der Waals surface area (Å²) in [7, 11) is 0.246. The minimum atomic E-state index is -3.71. The van der Waals surface area contributed by atoms with Gasteiger partial charge in [0, 0.05) is 5.54 Å². The molecule has 3 rings (SSSR count). The molecule has 1 heterocycles. The molecule has 1 fully saturated rings. The number of sulfonamides is 1. The quantitative estimate of drug-likeness (QED) is 0.855. The van der Waals surface area contributed by atoms with Crippen LogP contribution in [0.2, 0.25) is 0 Å². The Morgan fingerprint density at radius 2 is 1.77 bits per heavy atom. The van der Waals surface area contributed by atoms with Gasteiger partial charge < -0.3 is 4.90 Å². The molecule has 0 aromatic heterocycles. The van der Waals surface area contributed by atoms with Gasteiger partial charge in [-0.3, -0.25) is 4.79 Å². The van der Waals surface area contributed by atoms with Crippen LogP contribution in [0.5, 0.6) is 0 Å². The second-order valence-corrected chi connectivity index (χ2v) is 8.32. The van der Waals surface area contributed by atoms with Gasteiger partial charge >= 0.3 is 0 Å².